The van der Waals surface area contributed by atoms with Crippen LogP contribution in [-0.4, -0.2) is 42.4 Å². The molecule has 3 heterocycles. The van der Waals surface area contributed by atoms with Gasteiger partial charge in [0.2, 0.25) is 0 Å². The summed E-state index contributed by atoms with van der Waals surface area (Å²) in [4.78, 5) is 18.9. The van der Waals surface area contributed by atoms with E-state index >= 15 is 0 Å². The maximum atomic E-state index is 14.0. The van der Waals surface area contributed by atoms with E-state index in [1.165, 1.54) is 23.0 Å². The molecule has 2 radical (unpaired) electrons. The van der Waals surface area contributed by atoms with Crippen LogP contribution in [0.3, 0.4) is 0 Å². The van der Waals surface area contributed by atoms with E-state index < -0.39 is 17.5 Å². The number of hydrogen-bond acceptors (Lipinski definition) is 7. The molecule has 0 aliphatic carbocycles. The maximum Gasteiger partial charge on any atom is 0.275 e. The van der Waals surface area contributed by atoms with Gasteiger partial charge in [0.05, 0.1) is 17.4 Å². The number of piperidine rings is 1. The van der Waals surface area contributed by atoms with Gasteiger partial charge in [0.25, 0.3) is 5.91 Å². The quantitative estimate of drug-likeness (QED) is 0.606. The Morgan fingerprint density at radius 2 is 1.97 bits per heavy atom. The zero-order valence-electron chi connectivity index (χ0n) is 15.2. The van der Waals surface area contributed by atoms with Crippen molar-refractivity contribution < 1.29 is 13.6 Å². The molecule has 1 aliphatic rings. The number of nitrogens with one attached hydrogen (secondary N) is 2. The minimum absolute atomic E-state index is 0.0934. The van der Waals surface area contributed by atoms with E-state index in [1.807, 2.05) is 0 Å². The molecule has 2 aromatic heterocycles. The van der Waals surface area contributed by atoms with E-state index in [9.17, 15) is 13.6 Å². The monoisotopic (exact) mass is 431 g/mol. The molecule has 0 spiro atoms. The fourth-order valence-electron chi connectivity index (χ4n) is 3.18. The molecule has 29 heavy (non-hydrogen) atoms. The molecule has 1 fully saturated rings. The van der Waals surface area contributed by atoms with Gasteiger partial charge in [-0.3, -0.25) is 4.79 Å². The predicted octanol–water partition coefficient (Wildman–Crippen LogP) is 3.44. The summed E-state index contributed by atoms with van der Waals surface area (Å²) in [6.45, 7) is 1.60. The standard InChI is InChI=1S/C18H16BF2N5OS2/c19-25-10-4-6-26(7-5-10)18-13(8-22-29-18)23-16(27)14-9-28-17(24-14)15-11(20)2-1-3-12(15)21/h1-3,8-10,25H,4-7H2,(H,23,27). The molecule has 1 aromatic carbocycles. The number of halogens is 2. The van der Waals surface area contributed by atoms with Crippen molar-refractivity contribution in [2.75, 3.05) is 23.3 Å². The Morgan fingerprint density at radius 1 is 1.24 bits per heavy atom. The van der Waals surface area contributed by atoms with Crippen LogP contribution in [0.5, 0.6) is 0 Å². The van der Waals surface area contributed by atoms with Crippen LogP contribution in [0.2, 0.25) is 0 Å². The first-order valence-corrected chi connectivity index (χ1v) is 10.6. The zero-order chi connectivity index (χ0) is 20.4. The molecule has 0 saturated carbocycles. The normalized spacial score (nSPS) is 14.9. The molecule has 1 amide bonds. The van der Waals surface area contributed by atoms with Crippen LogP contribution >= 0.6 is 22.9 Å². The summed E-state index contributed by atoms with van der Waals surface area (Å²) < 4.78 is 32.1. The average molecular weight is 431 g/mol. The van der Waals surface area contributed by atoms with Crippen molar-refractivity contribution in [3.63, 3.8) is 0 Å². The molecule has 6 nitrogen and oxygen atoms in total. The van der Waals surface area contributed by atoms with Crippen LogP contribution in [0.4, 0.5) is 19.5 Å². The van der Waals surface area contributed by atoms with Gasteiger partial charge in [0, 0.05) is 18.5 Å². The molecule has 0 atom stereocenters. The SMILES string of the molecule is [B]NC1CCN(c2sncc2NC(=O)c2csc(-c3c(F)cccc3F)n2)CC1. The molecule has 1 aliphatic heterocycles. The van der Waals surface area contributed by atoms with E-state index in [0.717, 1.165) is 54.4 Å². The Kier molecular flexibility index (Phi) is 5.88. The summed E-state index contributed by atoms with van der Waals surface area (Å²) in [6.07, 6.45) is 3.38. The molecule has 4 rings (SSSR count). The van der Waals surface area contributed by atoms with Crippen molar-refractivity contribution in [3.05, 3.63) is 47.1 Å². The number of benzene rings is 1. The van der Waals surface area contributed by atoms with E-state index in [4.69, 9.17) is 7.98 Å². The number of carbonyl (C=O) groups is 1. The van der Waals surface area contributed by atoms with Crippen molar-refractivity contribution in [3.8, 4) is 10.6 Å². The van der Waals surface area contributed by atoms with Gasteiger partial charge in [-0.2, -0.15) is 4.37 Å². The third kappa shape index (κ3) is 4.17. The van der Waals surface area contributed by atoms with Gasteiger partial charge in [-0.25, -0.2) is 13.8 Å². The van der Waals surface area contributed by atoms with Gasteiger partial charge in [-0.15, -0.1) is 11.3 Å². The lowest BCUT2D eigenvalue weighted by molar-refractivity contribution is 0.102. The molecule has 1 saturated heterocycles. The fourth-order valence-corrected chi connectivity index (χ4v) is 4.78. The zero-order valence-corrected chi connectivity index (χ0v) is 16.8. The fraction of sp³-hybridized carbons (Fsp3) is 0.278. The lowest BCUT2D eigenvalue weighted by Crippen LogP contribution is -2.41. The second kappa shape index (κ2) is 8.56. The first-order chi connectivity index (χ1) is 14.1. The highest BCUT2D eigenvalue weighted by atomic mass is 32.1. The molecular weight excluding hydrogens is 415 g/mol. The van der Waals surface area contributed by atoms with Gasteiger partial charge in [0.1, 0.15) is 27.3 Å². The van der Waals surface area contributed by atoms with Crippen LogP contribution in [0, 0.1) is 11.6 Å². The third-order valence-corrected chi connectivity index (χ3v) is 6.45. The third-order valence-electron chi connectivity index (χ3n) is 4.73. The maximum absolute atomic E-state index is 14.0. The number of aromatic nitrogens is 2. The minimum Gasteiger partial charge on any atom is -0.364 e. The highest BCUT2D eigenvalue weighted by molar-refractivity contribution is 7.13. The number of amides is 1. The van der Waals surface area contributed by atoms with Crippen molar-refractivity contribution in [2.45, 2.75) is 18.9 Å². The van der Waals surface area contributed by atoms with E-state index in [1.54, 1.807) is 6.20 Å². The van der Waals surface area contributed by atoms with Crippen LogP contribution in [0.15, 0.2) is 29.8 Å². The first kappa shape index (κ1) is 19.9. The Labute approximate surface area is 175 Å². The lowest BCUT2D eigenvalue weighted by Gasteiger charge is -2.32. The number of carbonyl (C=O) groups excluding carboxylic acids is 1. The second-order valence-electron chi connectivity index (χ2n) is 6.56. The predicted molar refractivity (Wildman–Crippen MR) is 112 cm³/mol. The van der Waals surface area contributed by atoms with Crippen molar-refractivity contribution in [1.29, 1.82) is 0 Å². The molecule has 0 bridgehead atoms. The summed E-state index contributed by atoms with van der Waals surface area (Å²) in [5.41, 5.74) is 0.451. The van der Waals surface area contributed by atoms with Crippen molar-refractivity contribution in [1.82, 2.24) is 14.6 Å². The van der Waals surface area contributed by atoms with E-state index in [2.05, 4.69) is 24.8 Å². The highest BCUT2D eigenvalue weighted by Crippen LogP contribution is 2.33. The topological polar surface area (TPSA) is 70.2 Å². The van der Waals surface area contributed by atoms with Gasteiger partial charge in [-0.1, -0.05) is 6.07 Å². The van der Waals surface area contributed by atoms with Crippen molar-refractivity contribution in [2.24, 2.45) is 0 Å². The Morgan fingerprint density at radius 3 is 2.66 bits per heavy atom. The average Bonchev–Trinajstić information content (AvgIpc) is 3.38. The molecule has 0 unspecified atom stereocenters. The van der Waals surface area contributed by atoms with Crippen LogP contribution in [0.1, 0.15) is 23.3 Å². The van der Waals surface area contributed by atoms with Crippen LogP contribution in [-0.2, 0) is 0 Å². The molecule has 11 heteroatoms. The number of hydrogen-bond donors (Lipinski definition) is 2. The molecule has 148 valence electrons. The number of nitrogens with zero attached hydrogens (tertiary/aromatic N) is 3. The van der Waals surface area contributed by atoms with Crippen LogP contribution < -0.4 is 15.4 Å². The highest BCUT2D eigenvalue weighted by Gasteiger charge is 2.23. The van der Waals surface area contributed by atoms with Crippen LogP contribution in [0.25, 0.3) is 10.6 Å². The van der Waals surface area contributed by atoms with Gasteiger partial charge >= 0.3 is 0 Å². The first-order valence-electron chi connectivity index (χ1n) is 8.94. The van der Waals surface area contributed by atoms with Crippen molar-refractivity contribution >= 4 is 47.4 Å². The second-order valence-corrected chi connectivity index (χ2v) is 8.20. The number of rotatable bonds is 5. The summed E-state index contributed by atoms with van der Waals surface area (Å²) >= 11 is 2.31. The summed E-state index contributed by atoms with van der Waals surface area (Å²) in [5, 5.41) is 8.06. The Balaban J connectivity index is 1.49. The van der Waals surface area contributed by atoms with Gasteiger partial charge in [-0.05, 0) is 42.5 Å². The Hall–Kier alpha value is -2.37. The summed E-state index contributed by atoms with van der Waals surface area (Å²) in [6, 6.07) is 3.88. The smallest absolute Gasteiger partial charge is 0.275 e. The lowest BCUT2D eigenvalue weighted by atomic mass is 10.0. The number of anilines is 2. The van der Waals surface area contributed by atoms with Gasteiger partial charge < -0.3 is 15.4 Å². The molecular formula is C18H16BF2N5OS2. The summed E-state index contributed by atoms with van der Waals surface area (Å²) in [5.74, 6) is -1.89. The minimum atomic E-state index is -0.717. The van der Waals surface area contributed by atoms with E-state index in [-0.39, 0.29) is 22.3 Å². The molecule has 2 N–H and O–H groups in total. The van der Waals surface area contributed by atoms with Gasteiger partial charge in [0.15, 0.2) is 7.98 Å². The van der Waals surface area contributed by atoms with E-state index in [0.29, 0.717) is 5.69 Å². The Bertz CT molecular complexity index is 999. The summed E-state index contributed by atoms with van der Waals surface area (Å²) in [7, 11) is 5.50. The number of thiazole rings is 1. The largest absolute Gasteiger partial charge is 0.364 e. The molecule has 3 aromatic rings.